The molecule has 118 valence electrons. The SMILES string of the molecule is CC(C)CN([C@@H]1CCCc2cccnc21)S(=O)(=O)N(C)C. The zero-order valence-electron chi connectivity index (χ0n) is 13.3. The number of aromatic nitrogens is 1. The van der Waals surface area contributed by atoms with Crippen LogP contribution >= 0.6 is 0 Å². The number of hydrogen-bond acceptors (Lipinski definition) is 3. The molecule has 1 aliphatic rings. The lowest BCUT2D eigenvalue weighted by molar-refractivity contribution is 0.250. The second-order valence-electron chi connectivity index (χ2n) is 6.21. The minimum Gasteiger partial charge on any atom is -0.259 e. The molecule has 0 saturated heterocycles. The van der Waals surface area contributed by atoms with Crippen molar-refractivity contribution in [1.82, 2.24) is 13.6 Å². The van der Waals surface area contributed by atoms with Crippen LogP contribution in [-0.2, 0) is 16.6 Å². The van der Waals surface area contributed by atoms with E-state index in [-0.39, 0.29) is 12.0 Å². The second kappa shape index (κ2) is 6.42. The molecule has 0 aromatic carbocycles. The van der Waals surface area contributed by atoms with Gasteiger partial charge in [-0.15, -0.1) is 0 Å². The first-order chi connectivity index (χ1) is 9.84. The van der Waals surface area contributed by atoms with Gasteiger partial charge in [0.2, 0.25) is 0 Å². The van der Waals surface area contributed by atoms with Crippen LogP contribution in [0.3, 0.4) is 0 Å². The predicted octanol–water partition coefficient (Wildman–Crippen LogP) is 2.22. The second-order valence-corrected chi connectivity index (χ2v) is 8.30. The molecule has 1 aromatic heterocycles. The van der Waals surface area contributed by atoms with Crippen LogP contribution in [0.15, 0.2) is 18.3 Å². The zero-order valence-corrected chi connectivity index (χ0v) is 14.1. The molecule has 2 rings (SSSR count). The third-order valence-electron chi connectivity index (χ3n) is 3.82. The molecule has 0 aliphatic heterocycles. The summed E-state index contributed by atoms with van der Waals surface area (Å²) in [6, 6.07) is 3.84. The lowest BCUT2D eigenvalue weighted by Crippen LogP contribution is -2.45. The Morgan fingerprint density at radius 1 is 1.38 bits per heavy atom. The maximum atomic E-state index is 12.7. The summed E-state index contributed by atoms with van der Waals surface area (Å²) < 4.78 is 28.3. The number of fused-ring (bicyclic) bond motifs is 1. The Bertz CT molecular complexity index is 584. The lowest BCUT2D eigenvalue weighted by atomic mass is 9.91. The summed E-state index contributed by atoms with van der Waals surface area (Å²) >= 11 is 0. The average molecular weight is 311 g/mol. The van der Waals surface area contributed by atoms with Gasteiger partial charge in [-0.2, -0.15) is 17.0 Å². The van der Waals surface area contributed by atoms with Crippen LogP contribution in [0.2, 0.25) is 0 Å². The summed E-state index contributed by atoms with van der Waals surface area (Å²) in [5, 5.41) is 0. The lowest BCUT2D eigenvalue weighted by Gasteiger charge is -2.36. The molecule has 1 aliphatic carbocycles. The van der Waals surface area contributed by atoms with Gasteiger partial charge in [0.05, 0.1) is 11.7 Å². The smallest absolute Gasteiger partial charge is 0.259 e. The van der Waals surface area contributed by atoms with Crippen molar-refractivity contribution < 1.29 is 8.42 Å². The van der Waals surface area contributed by atoms with Crippen molar-refractivity contribution in [2.45, 2.75) is 39.2 Å². The first-order valence-electron chi connectivity index (χ1n) is 7.47. The van der Waals surface area contributed by atoms with E-state index in [0.29, 0.717) is 6.54 Å². The number of pyridine rings is 1. The van der Waals surface area contributed by atoms with Crippen LogP contribution in [0, 0.1) is 5.92 Å². The number of hydrogen-bond donors (Lipinski definition) is 0. The normalized spacial score (nSPS) is 19.3. The molecule has 5 nitrogen and oxygen atoms in total. The van der Waals surface area contributed by atoms with E-state index in [1.165, 1.54) is 9.87 Å². The van der Waals surface area contributed by atoms with Gasteiger partial charge in [0.1, 0.15) is 0 Å². The van der Waals surface area contributed by atoms with Crippen LogP contribution in [0.4, 0.5) is 0 Å². The molecule has 1 aromatic rings. The summed E-state index contributed by atoms with van der Waals surface area (Å²) in [6.45, 7) is 4.60. The summed E-state index contributed by atoms with van der Waals surface area (Å²) in [5.41, 5.74) is 2.10. The Hall–Kier alpha value is -0.980. The van der Waals surface area contributed by atoms with E-state index in [1.54, 1.807) is 24.6 Å². The van der Waals surface area contributed by atoms with Gasteiger partial charge in [-0.1, -0.05) is 19.9 Å². The number of nitrogens with zero attached hydrogens (tertiary/aromatic N) is 3. The van der Waals surface area contributed by atoms with Crippen molar-refractivity contribution in [2.24, 2.45) is 5.92 Å². The van der Waals surface area contributed by atoms with E-state index in [9.17, 15) is 8.42 Å². The van der Waals surface area contributed by atoms with Crippen LogP contribution in [0.25, 0.3) is 0 Å². The molecule has 0 N–H and O–H groups in total. The monoisotopic (exact) mass is 311 g/mol. The van der Waals surface area contributed by atoms with Crippen LogP contribution in [-0.4, -0.2) is 42.7 Å². The quantitative estimate of drug-likeness (QED) is 0.838. The highest BCUT2D eigenvalue weighted by Gasteiger charge is 2.36. The van der Waals surface area contributed by atoms with Crippen LogP contribution in [0.1, 0.15) is 44.0 Å². The van der Waals surface area contributed by atoms with E-state index in [1.807, 2.05) is 19.9 Å². The Balaban J connectivity index is 2.44. The van der Waals surface area contributed by atoms with E-state index in [2.05, 4.69) is 11.1 Å². The van der Waals surface area contributed by atoms with Crippen molar-refractivity contribution >= 4 is 10.2 Å². The van der Waals surface area contributed by atoms with Gasteiger partial charge < -0.3 is 0 Å². The molecule has 6 heteroatoms. The molecule has 1 heterocycles. The van der Waals surface area contributed by atoms with Gasteiger partial charge in [-0.05, 0) is 36.8 Å². The Morgan fingerprint density at radius 2 is 2.10 bits per heavy atom. The van der Waals surface area contributed by atoms with Crippen molar-refractivity contribution in [1.29, 1.82) is 0 Å². The maximum Gasteiger partial charge on any atom is 0.282 e. The highest BCUT2D eigenvalue weighted by molar-refractivity contribution is 7.86. The topological polar surface area (TPSA) is 53.5 Å². The molecule has 0 fully saturated rings. The molecule has 0 bridgehead atoms. The van der Waals surface area contributed by atoms with Crippen molar-refractivity contribution in [3.8, 4) is 0 Å². The zero-order chi connectivity index (χ0) is 15.6. The van der Waals surface area contributed by atoms with Gasteiger partial charge in [0, 0.05) is 26.8 Å². The summed E-state index contributed by atoms with van der Waals surface area (Å²) in [6.07, 6.45) is 4.58. The first-order valence-corrected chi connectivity index (χ1v) is 8.86. The average Bonchev–Trinajstić information content (AvgIpc) is 2.44. The molecule has 21 heavy (non-hydrogen) atoms. The third kappa shape index (κ3) is 3.44. The Morgan fingerprint density at radius 3 is 2.71 bits per heavy atom. The fourth-order valence-electron chi connectivity index (χ4n) is 2.82. The largest absolute Gasteiger partial charge is 0.282 e. The van der Waals surface area contributed by atoms with E-state index < -0.39 is 10.2 Å². The Kier molecular flexibility index (Phi) is 5.01. The summed E-state index contributed by atoms with van der Waals surface area (Å²) in [4.78, 5) is 4.48. The summed E-state index contributed by atoms with van der Waals surface area (Å²) in [5.74, 6) is 0.272. The van der Waals surface area contributed by atoms with Gasteiger partial charge in [-0.3, -0.25) is 4.98 Å². The van der Waals surface area contributed by atoms with Gasteiger partial charge >= 0.3 is 0 Å². The summed E-state index contributed by atoms with van der Waals surface area (Å²) in [7, 11) is -0.273. The molecular formula is C15H25N3O2S. The predicted molar refractivity (Wildman–Crippen MR) is 84.1 cm³/mol. The maximum absolute atomic E-state index is 12.7. The molecule has 0 saturated carbocycles. The van der Waals surface area contributed by atoms with Crippen LogP contribution < -0.4 is 0 Å². The highest BCUT2D eigenvalue weighted by atomic mass is 32.2. The standard InChI is InChI=1S/C15H25N3O2S/c1-12(2)11-18(21(19,20)17(3)4)14-9-5-7-13-8-6-10-16-15(13)14/h6,8,10,12,14H,5,7,9,11H2,1-4H3/t14-/m1/s1. The minimum atomic E-state index is -3.45. The number of rotatable bonds is 5. The van der Waals surface area contributed by atoms with Gasteiger partial charge in [0.15, 0.2) is 0 Å². The first kappa shape index (κ1) is 16.4. The molecule has 0 radical (unpaired) electrons. The minimum absolute atomic E-state index is 0.148. The van der Waals surface area contributed by atoms with Gasteiger partial charge in [0.25, 0.3) is 10.2 Å². The fraction of sp³-hybridized carbons (Fsp3) is 0.667. The highest BCUT2D eigenvalue weighted by Crippen LogP contribution is 2.35. The molecular weight excluding hydrogens is 286 g/mol. The van der Waals surface area contributed by atoms with Crippen molar-refractivity contribution in [3.05, 3.63) is 29.6 Å². The molecule has 0 spiro atoms. The van der Waals surface area contributed by atoms with Crippen molar-refractivity contribution in [2.75, 3.05) is 20.6 Å². The fourth-order valence-corrected chi connectivity index (χ4v) is 4.25. The number of aryl methyl sites for hydroxylation is 1. The Labute approximate surface area is 128 Å². The van der Waals surface area contributed by atoms with E-state index in [0.717, 1.165) is 25.0 Å². The molecule has 0 unspecified atom stereocenters. The van der Waals surface area contributed by atoms with Gasteiger partial charge in [-0.25, -0.2) is 0 Å². The third-order valence-corrected chi connectivity index (χ3v) is 5.74. The van der Waals surface area contributed by atoms with E-state index in [4.69, 9.17) is 0 Å². The van der Waals surface area contributed by atoms with Crippen molar-refractivity contribution in [3.63, 3.8) is 0 Å². The van der Waals surface area contributed by atoms with E-state index >= 15 is 0 Å². The van der Waals surface area contributed by atoms with Crippen LogP contribution in [0.5, 0.6) is 0 Å². The molecule has 0 amide bonds. The molecule has 1 atom stereocenters.